The molecule has 0 fully saturated rings. The van der Waals surface area contributed by atoms with Crippen molar-refractivity contribution in [2.24, 2.45) is 0 Å². The maximum atomic E-state index is 5.49. The van der Waals surface area contributed by atoms with Gasteiger partial charge in [0.25, 0.3) is 0 Å². The topological polar surface area (TPSA) is 12.0 Å². The third-order valence-corrected chi connectivity index (χ3v) is 2.75. The Labute approximate surface area is 82.0 Å². The molecule has 68 valence electrons. The van der Waals surface area contributed by atoms with E-state index >= 15 is 0 Å². The third-order valence-electron chi connectivity index (χ3n) is 2.75. The molecule has 13 heavy (non-hydrogen) atoms. The summed E-state index contributed by atoms with van der Waals surface area (Å²) in [5.41, 5.74) is 1.24. The zero-order valence-electron chi connectivity index (χ0n) is 8.54. The second kappa shape index (κ2) is 3.97. The summed E-state index contributed by atoms with van der Waals surface area (Å²) in [6.07, 6.45) is 0. The Morgan fingerprint density at radius 2 is 1.77 bits per heavy atom. The first kappa shape index (κ1) is 10.3. The Balaban J connectivity index is 2.85. The van der Waals surface area contributed by atoms with Crippen LogP contribution in [0.1, 0.15) is 32.3 Å². The van der Waals surface area contributed by atoms with Crippen LogP contribution < -0.4 is 5.23 Å². The minimum atomic E-state index is -0.0681. The van der Waals surface area contributed by atoms with Crippen molar-refractivity contribution < 1.29 is 0 Å². The largest absolute Gasteiger partial charge is 0.361 e. The highest BCUT2D eigenvalue weighted by molar-refractivity contribution is 6.04. The summed E-state index contributed by atoms with van der Waals surface area (Å²) in [5.74, 6) is 0.402. The normalized spacial score (nSPS) is 14.1. The van der Waals surface area contributed by atoms with E-state index in [9.17, 15) is 0 Å². The fourth-order valence-electron chi connectivity index (χ4n) is 1.28. The Morgan fingerprint density at radius 3 is 2.23 bits per heavy atom. The van der Waals surface area contributed by atoms with Gasteiger partial charge in [-0.05, 0) is 25.3 Å². The first-order chi connectivity index (χ1) is 6.08. The van der Waals surface area contributed by atoms with Crippen LogP contribution in [0, 0.1) is 0 Å². The third kappa shape index (κ3) is 2.34. The zero-order valence-corrected chi connectivity index (χ0v) is 8.54. The lowest BCUT2D eigenvalue weighted by molar-refractivity contribution is 0.399. The van der Waals surface area contributed by atoms with Gasteiger partial charge in [-0.25, -0.2) is 0 Å². The van der Waals surface area contributed by atoms with Gasteiger partial charge in [-0.15, -0.1) is 0 Å². The van der Waals surface area contributed by atoms with E-state index < -0.39 is 0 Å². The van der Waals surface area contributed by atoms with E-state index in [0.717, 1.165) is 0 Å². The Morgan fingerprint density at radius 1 is 1.23 bits per heavy atom. The summed E-state index contributed by atoms with van der Waals surface area (Å²) in [4.78, 5) is 0. The van der Waals surface area contributed by atoms with Gasteiger partial charge in [0.2, 0.25) is 0 Å². The molecule has 1 N–H and O–H groups in total. The minimum Gasteiger partial charge on any atom is -0.361 e. The van der Waals surface area contributed by atoms with E-state index in [1.807, 2.05) is 6.07 Å². The molecule has 0 bridgehead atoms. The number of hydrogen-bond donors (Lipinski definition) is 1. The molecular weight excluding hydrogens is 157 g/mol. The lowest BCUT2D eigenvalue weighted by Gasteiger charge is -2.32. The van der Waals surface area contributed by atoms with E-state index in [1.165, 1.54) is 5.56 Å². The van der Waals surface area contributed by atoms with Gasteiger partial charge in [0, 0.05) is 5.54 Å². The summed E-state index contributed by atoms with van der Waals surface area (Å²) >= 11 is 0. The molecule has 1 rings (SSSR count). The molecule has 0 saturated heterocycles. The number of nitrogens with one attached hydrogen (secondary N) is 1. The van der Waals surface area contributed by atoms with E-state index in [1.54, 1.807) is 0 Å². The number of rotatable bonds is 3. The molecule has 1 unspecified atom stereocenters. The number of benzene rings is 1. The van der Waals surface area contributed by atoms with E-state index in [0.29, 0.717) is 5.92 Å². The fraction of sp³-hybridized carbons (Fsp3) is 0.455. The predicted octanol–water partition coefficient (Wildman–Crippen LogP) is 2.24. The molecule has 0 heterocycles. The van der Waals surface area contributed by atoms with Gasteiger partial charge in [0.15, 0.2) is 7.98 Å². The highest BCUT2D eigenvalue weighted by Crippen LogP contribution is 2.26. The van der Waals surface area contributed by atoms with E-state index in [2.05, 4.69) is 50.3 Å². The van der Waals surface area contributed by atoms with Crippen LogP contribution in [0.4, 0.5) is 0 Å². The van der Waals surface area contributed by atoms with Crippen molar-refractivity contribution in [3.05, 3.63) is 35.9 Å². The van der Waals surface area contributed by atoms with E-state index in [4.69, 9.17) is 7.98 Å². The van der Waals surface area contributed by atoms with E-state index in [-0.39, 0.29) is 5.54 Å². The molecule has 1 aromatic rings. The molecule has 0 aliphatic carbocycles. The van der Waals surface area contributed by atoms with Crippen LogP contribution in [0.15, 0.2) is 30.3 Å². The van der Waals surface area contributed by atoms with Crippen molar-refractivity contribution in [1.29, 1.82) is 0 Å². The predicted molar refractivity (Wildman–Crippen MR) is 57.8 cm³/mol. The van der Waals surface area contributed by atoms with Crippen LogP contribution in [0.3, 0.4) is 0 Å². The van der Waals surface area contributed by atoms with Crippen LogP contribution in [-0.2, 0) is 0 Å². The van der Waals surface area contributed by atoms with Crippen molar-refractivity contribution in [2.45, 2.75) is 32.2 Å². The zero-order chi connectivity index (χ0) is 9.90. The van der Waals surface area contributed by atoms with Gasteiger partial charge in [0.1, 0.15) is 0 Å². The Bertz CT molecular complexity index is 256. The first-order valence-corrected chi connectivity index (χ1v) is 4.60. The van der Waals surface area contributed by atoms with Crippen LogP contribution in [-0.4, -0.2) is 13.5 Å². The molecule has 0 aromatic heterocycles. The van der Waals surface area contributed by atoms with Crippen molar-refractivity contribution in [1.82, 2.24) is 5.23 Å². The number of hydrogen-bond acceptors (Lipinski definition) is 1. The molecule has 1 aromatic carbocycles. The summed E-state index contributed by atoms with van der Waals surface area (Å²) < 4.78 is 0. The fourth-order valence-corrected chi connectivity index (χ4v) is 1.28. The van der Waals surface area contributed by atoms with Crippen molar-refractivity contribution >= 4 is 7.98 Å². The van der Waals surface area contributed by atoms with Crippen molar-refractivity contribution in [2.75, 3.05) is 0 Å². The smallest absolute Gasteiger partial charge is 0.178 e. The molecule has 1 atom stereocenters. The molecule has 0 aliphatic rings. The van der Waals surface area contributed by atoms with Crippen LogP contribution >= 0.6 is 0 Å². The minimum absolute atomic E-state index is 0.0681. The highest BCUT2D eigenvalue weighted by Gasteiger charge is 2.23. The van der Waals surface area contributed by atoms with Crippen molar-refractivity contribution in [3.63, 3.8) is 0 Å². The summed E-state index contributed by atoms with van der Waals surface area (Å²) in [6, 6.07) is 10.4. The standard InChI is InChI=1S/C11H16BN/c1-9(11(2,3)13-12)10-7-5-4-6-8-10/h4-9,13H,1-3H3. The quantitative estimate of drug-likeness (QED) is 0.691. The second-order valence-corrected chi connectivity index (χ2v) is 4.00. The summed E-state index contributed by atoms with van der Waals surface area (Å²) in [6.45, 7) is 6.38. The SMILES string of the molecule is [B]NC(C)(C)C(C)c1ccccc1. The van der Waals surface area contributed by atoms with Crippen molar-refractivity contribution in [3.8, 4) is 0 Å². The second-order valence-electron chi connectivity index (χ2n) is 4.00. The molecule has 0 saturated carbocycles. The van der Waals surface area contributed by atoms with Gasteiger partial charge in [-0.2, -0.15) is 0 Å². The van der Waals surface area contributed by atoms with Gasteiger partial charge in [-0.1, -0.05) is 37.3 Å². The van der Waals surface area contributed by atoms with Crippen LogP contribution in [0.2, 0.25) is 0 Å². The molecule has 0 spiro atoms. The Hall–Kier alpha value is -0.755. The molecule has 2 heteroatoms. The van der Waals surface area contributed by atoms with Gasteiger partial charge >= 0.3 is 0 Å². The molecule has 0 aliphatic heterocycles. The lowest BCUT2D eigenvalue weighted by atomic mass is 9.82. The van der Waals surface area contributed by atoms with Gasteiger partial charge in [-0.3, -0.25) is 0 Å². The summed E-state index contributed by atoms with van der Waals surface area (Å²) in [7, 11) is 5.49. The first-order valence-electron chi connectivity index (χ1n) is 4.60. The molecule has 1 nitrogen and oxygen atoms in total. The molecular formula is C11H16BN. The van der Waals surface area contributed by atoms with Gasteiger partial charge in [0.05, 0.1) is 0 Å². The van der Waals surface area contributed by atoms with Gasteiger partial charge < -0.3 is 5.23 Å². The molecule has 2 radical (unpaired) electrons. The van der Waals surface area contributed by atoms with Crippen LogP contribution in [0.5, 0.6) is 0 Å². The summed E-state index contributed by atoms with van der Waals surface area (Å²) in [5, 5.41) is 2.84. The van der Waals surface area contributed by atoms with Crippen LogP contribution in [0.25, 0.3) is 0 Å². The Kier molecular flexibility index (Phi) is 3.15. The monoisotopic (exact) mass is 173 g/mol. The lowest BCUT2D eigenvalue weighted by Crippen LogP contribution is -2.42. The average molecular weight is 173 g/mol. The maximum Gasteiger partial charge on any atom is 0.178 e. The maximum absolute atomic E-state index is 5.49. The molecule has 0 amide bonds. The average Bonchev–Trinajstić information content (AvgIpc) is 2.18. The highest BCUT2D eigenvalue weighted by atomic mass is 14.9.